The summed E-state index contributed by atoms with van der Waals surface area (Å²) in [5.41, 5.74) is 0.733. The Morgan fingerprint density at radius 3 is 2.42 bits per heavy atom. The SMILES string of the molecule is Cl.Cl.O[C@@H]1CCNC[C@@H]1NC1CCN(c2ccc(F)c(F)c2)CC1. The van der Waals surface area contributed by atoms with E-state index < -0.39 is 11.6 Å². The summed E-state index contributed by atoms with van der Waals surface area (Å²) in [6.07, 6.45) is 2.36. The van der Waals surface area contributed by atoms with Crippen molar-refractivity contribution in [3.63, 3.8) is 0 Å². The molecule has 2 aliphatic rings. The summed E-state index contributed by atoms with van der Waals surface area (Å²) in [7, 11) is 0. The summed E-state index contributed by atoms with van der Waals surface area (Å²) in [5.74, 6) is -1.60. The first kappa shape index (κ1) is 21.4. The van der Waals surface area contributed by atoms with Crippen LogP contribution >= 0.6 is 24.8 Å². The Hall–Kier alpha value is -0.660. The molecule has 0 amide bonds. The molecule has 0 aromatic heterocycles. The van der Waals surface area contributed by atoms with Crippen LogP contribution in [0.2, 0.25) is 0 Å². The number of aliphatic hydroxyl groups excluding tert-OH is 1. The highest BCUT2D eigenvalue weighted by Crippen LogP contribution is 2.22. The summed E-state index contributed by atoms with van der Waals surface area (Å²) in [5, 5.41) is 16.8. The Morgan fingerprint density at radius 1 is 1.08 bits per heavy atom. The van der Waals surface area contributed by atoms with Crippen LogP contribution in [0.5, 0.6) is 0 Å². The second kappa shape index (κ2) is 9.73. The first-order valence-electron chi connectivity index (χ1n) is 7.98. The number of aliphatic hydroxyl groups is 1. The van der Waals surface area contributed by atoms with Crippen LogP contribution in [0.25, 0.3) is 0 Å². The summed E-state index contributed by atoms with van der Waals surface area (Å²) in [4.78, 5) is 2.08. The number of nitrogens with one attached hydrogen (secondary N) is 2. The van der Waals surface area contributed by atoms with Gasteiger partial charge in [-0.2, -0.15) is 0 Å². The van der Waals surface area contributed by atoms with Crippen molar-refractivity contribution in [3.05, 3.63) is 29.8 Å². The monoisotopic (exact) mass is 383 g/mol. The zero-order valence-electron chi connectivity index (χ0n) is 13.4. The number of hydrogen-bond acceptors (Lipinski definition) is 4. The fourth-order valence-corrected chi connectivity index (χ4v) is 3.30. The minimum Gasteiger partial charge on any atom is -0.391 e. The summed E-state index contributed by atoms with van der Waals surface area (Å²) in [6.45, 7) is 3.27. The molecule has 0 spiro atoms. The molecule has 0 unspecified atom stereocenters. The predicted molar refractivity (Wildman–Crippen MR) is 96.5 cm³/mol. The molecule has 0 radical (unpaired) electrons. The average Bonchev–Trinajstić information content (AvgIpc) is 2.53. The lowest BCUT2D eigenvalue weighted by molar-refractivity contribution is 0.0909. The second-order valence-electron chi connectivity index (χ2n) is 6.19. The van der Waals surface area contributed by atoms with Gasteiger partial charge in [0.2, 0.25) is 0 Å². The lowest BCUT2D eigenvalue weighted by Crippen LogP contribution is -2.56. The van der Waals surface area contributed by atoms with Crippen LogP contribution in [0.4, 0.5) is 14.5 Å². The molecule has 2 aliphatic heterocycles. The number of rotatable bonds is 3. The van der Waals surface area contributed by atoms with Crippen LogP contribution in [0.1, 0.15) is 19.3 Å². The maximum Gasteiger partial charge on any atom is 0.160 e. The van der Waals surface area contributed by atoms with E-state index in [0.717, 1.165) is 51.1 Å². The molecule has 3 rings (SSSR count). The van der Waals surface area contributed by atoms with Gasteiger partial charge in [0.05, 0.1) is 6.10 Å². The van der Waals surface area contributed by atoms with Gasteiger partial charge in [-0.1, -0.05) is 0 Å². The molecule has 2 atom stereocenters. The maximum absolute atomic E-state index is 13.3. The number of anilines is 1. The molecule has 138 valence electrons. The Labute approximate surface area is 153 Å². The summed E-state index contributed by atoms with van der Waals surface area (Å²) >= 11 is 0. The van der Waals surface area contributed by atoms with Gasteiger partial charge in [-0.25, -0.2) is 8.78 Å². The van der Waals surface area contributed by atoms with E-state index in [4.69, 9.17) is 0 Å². The van der Waals surface area contributed by atoms with E-state index in [1.165, 1.54) is 12.1 Å². The van der Waals surface area contributed by atoms with Crippen molar-refractivity contribution >= 4 is 30.5 Å². The highest BCUT2D eigenvalue weighted by molar-refractivity contribution is 5.85. The predicted octanol–water partition coefficient (Wildman–Crippen LogP) is 2.09. The number of piperidine rings is 2. The van der Waals surface area contributed by atoms with Crippen LogP contribution in [0.15, 0.2) is 18.2 Å². The number of nitrogens with zero attached hydrogens (tertiary/aromatic N) is 1. The third kappa shape index (κ3) is 5.17. The quantitative estimate of drug-likeness (QED) is 0.747. The topological polar surface area (TPSA) is 47.5 Å². The molecular formula is C16H25Cl2F2N3O. The van der Waals surface area contributed by atoms with E-state index in [0.29, 0.717) is 6.04 Å². The minimum atomic E-state index is -0.806. The van der Waals surface area contributed by atoms with Gasteiger partial charge >= 0.3 is 0 Å². The van der Waals surface area contributed by atoms with Crippen molar-refractivity contribution in [3.8, 4) is 0 Å². The lowest BCUT2D eigenvalue weighted by atomic mass is 9.99. The first-order valence-corrected chi connectivity index (χ1v) is 7.98. The third-order valence-corrected chi connectivity index (χ3v) is 4.66. The van der Waals surface area contributed by atoms with Crippen LogP contribution in [-0.2, 0) is 0 Å². The van der Waals surface area contributed by atoms with Gasteiger partial charge in [0.25, 0.3) is 0 Å². The Balaban J connectivity index is 0.00000144. The molecule has 0 saturated carbocycles. The van der Waals surface area contributed by atoms with Crippen molar-refractivity contribution in [2.24, 2.45) is 0 Å². The van der Waals surface area contributed by atoms with Crippen molar-refractivity contribution in [2.45, 2.75) is 37.5 Å². The Kier molecular flexibility index (Phi) is 8.67. The van der Waals surface area contributed by atoms with Crippen LogP contribution in [-0.4, -0.2) is 49.5 Å². The Morgan fingerprint density at radius 2 is 1.79 bits per heavy atom. The Bertz CT molecular complexity index is 516. The van der Waals surface area contributed by atoms with Crippen LogP contribution in [0, 0.1) is 11.6 Å². The van der Waals surface area contributed by atoms with Crippen molar-refractivity contribution < 1.29 is 13.9 Å². The van der Waals surface area contributed by atoms with Crippen LogP contribution < -0.4 is 15.5 Å². The molecular weight excluding hydrogens is 359 g/mol. The second-order valence-corrected chi connectivity index (χ2v) is 6.19. The van der Waals surface area contributed by atoms with Crippen molar-refractivity contribution in [2.75, 3.05) is 31.1 Å². The lowest BCUT2D eigenvalue weighted by Gasteiger charge is -2.38. The van der Waals surface area contributed by atoms with E-state index in [1.807, 2.05) is 0 Å². The maximum atomic E-state index is 13.3. The van der Waals surface area contributed by atoms with Gasteiger partial charge in [0.1, 0.15) is 0 Å². The smallest absolute Gasteiger partial charge is 0.160 e. The molecule has 0 bridgehead atoms. The standard InChI is InChI=1S/C16H23F2N3O.2ClH/c17-13-2-1-12(9-14(13)18)21-7-4-11(5-8-21)20-15-10-19-6-3-16(15)22;;/h1-2,9,11,15-16,19-20,22H,3-8,10H2;2*1H/t15-,16+;;/m0../s1. The molecule has 4 nitrogen and oxygen atoms in total. The zero-order chi connectivity index (χ0) is 15.5. The normalized spacial score (nSPS) is 24.9. The third-order valence-electron chi connectivity index (χ3n) is 4.66. The van der Waals surface area contributed by atoms with Crippen LogP contribution in [0.3, 0.4) is 0 Å². The average molecular weight is 384 g/mol. The van der Waals surface area contributed by atoms with Gasteiger partial charge in [-0.05, 0) is 37.9 Å². The molecule has 24 heavy (non-hydrogen) atoms. The molecule has 1 aromatic rings. The molecule has 2 heterocycles. The van der Waals surface area contributed by atoms with E-state index >= 15 is 0 Å². The molecule has 1 aromatic carbocycles. The van der Waals surface area contributed by atoms with Gasteiger partial charge in [-0.15, -0.1) is 24.8 Å². The molecule has 3 N–H and O–H groups in total. The number of benzene rings is 1. The highest BCUT2D eigenvalue weighted by Gasteiger charge is 2.27. The van der Waals surface area contributed by atoms with E-state index in [9.17, 15) is 13.9 Å². The minimum absolute atomic E-state index is 0. The first-order chi connectivity index (χ1) is 10.6. The number of halogens is 4. The molecule has 0 aliphatic carbocycles. The van der Waals surface area contributed by atoms with E-state index in [1.54, 1.807) is 6.07 Å². The van der Waals surface area contributed by atoms with Gasteiger partial charge in [0.15, 0.2) is 11.6 Å². The van der Waals surface area contributed by atoms with Crippen molar-refractivity contribution in [1.82, 2.24) is 10.6 Å². The van der Waals surface area contributed by atoms with Gasteiger partial charge in [0, 0.05) is 43.5 Å². The van der Waals surface area contributed by atoms with E-state index in [2.05, 4.69) is 15.5 Å². The summed E-state index contributed by atoms with van der Waals surface area (Å²) in [6, 6.07) is 4.53. The van der Waals surface area contributed by atoms with Gasteiger partial charge in [-0.3, -0.25) is 0 Å². The fourth-order valence-electron chi connectivity index (χ4n) is 3.30. The largest absolute Gasteiger partial charge is 0.391 e. The number of hydrogen-bond donors (Lipinski definition) is 3. The fraction of sp³-hybridized carbons (Fsp3) is 0.625. The van der Waals surface area contributed by atoms with Crippen molar-refractivity contribution in [1.29, 1.82) is 0 Å². The molecule has 2 saturated heterocycles. The molecule has 2 fully saturated rings. The van der Waals surface area contributed by atoms with Gasteiger partial charge < -0.3 is 20.6 Å². The summed E-state index contributed by atoms with van der Waals surface area (Å²) < 4.78 is 26.3. The zero-order valence-corrected chi connectivity index (χ0v) is 15.0. The highest BCUT2D eigenvalue weighted by atomic mass is 35.5. The van der Waals surface area contributed by atoms with E-state index in [-0.39, 0.29) is 37.0 Å². The molecule has 8 heteroatoms.